The van der Waals surface area contributed by atoms with Crippen molar-refractivity contribution in [1.82, 2.24) is 4.98 Å². The van der Waals surface area contributed by atoms with E-state index in [-0.39, 0.29) is 12.0 Å². The largest absolute Gasteiger partial charge is 0.473 e. The van der Waals surface area contributed by atoms with Crippen LogP contribution in [0, 0.1) is 0 Å². The summed E-state index contributed by atoms with van der Waals surface area (Å²) in [4.78, 5) is 16.5. The number of para-hydroxylation sites is 1. The van der Waals surface area contributed by atoms with Gasteiger partial charge >= 0.3 is 0 Å². The van der Waals surface area contributed by atoms with Gasteiger partial charge in [0.05, 0.1) is 10.7 Å². The highest BCUT2D eigenvalue weighted by Gasteiger charge is 2.18. The molecule has 1 aliphatic heterocycles. The maximum Gasteiger partial charge on any atom is 0.255 e. The van der Waals surface area contributed by atoms with Crippen LogP contribution in [-0.2, 0) is 0 Å². The number of pyridine rings is 1. The van der Waals surface area contributed by atoms with Crippen molar-refractivity contribution in [2.75, 3.05) is 16.8 Å². The Labute approximate surface area is 138 Å². The zero-order valence-electron chi connectivity index (χ0n) is 11.8. The van der Waals surface area contributed by atoms with E-state index in [2.05, 4.69) is 10.3 Å². The number of hydrogen-bond donors (Lipinski definition) is 1. The summed E-state index contributed by atoms with van der Waals surface area (Å²) in [7, 11) is 0. The van der Waals surface area contributed by atoms with Crippen LogP contribution >= 0.6 is 23.4 Å². The number of benzene rings is 1. The van der Waals surface area contributed by atoms with Crippen molar-refractivity contribution in [2.45, 2.75) is 12.5 Å². The average molecular weight is 335 g/mol. The number of thioether (sulfide) groups is 1. The Morgan fingerprint density at radius 2 is 2.23 bits per heavy atom. The van der Waals surface area contributed by atoms with E-state index < -0.39 is 0 Å². The van der Waals surface area contributed by atoms with Gasteiger partial charge in [0, 0.05) is 23.6 Å². The molecule has 1 atom stereocenters. The lowest BCUT2D eigenvalue weighted by molar-refractivity contribution is 0.102. The number of carbonyl (C=O) groups excluding carboxylic acids is 1. The third-order valence-corrected chi connectivity index (χ3v) is 4.76. The highest BCUT2D eigenvalue weighted by atomic mass is 35.5. The van der Waals surface area contributed by atoms with Crippen molar-refractivity contribution in [3.05, 3.63) is 53.2 Å². The predicted octanol–water partition coefficient (Wildman–Crippen LogP) is 3.87. The molecule has 0 unspecified atom stereocenters. The standard InChI is InChI=1S/C16H15ClN2O2S/c17-13-3-1-2-4-14(13)19-16(20)11-5-7-18-15(9-11)21-12-6-8-22-10-12/h1-5,7,9,12H,6,8,10H2,(H,19,20)/t12-/m0/s1. The molecule has 2 heterocycles. The Balaban J connectivity index is 1.71. The fraction of sp³-hybridized carbons (Fsp3) is 0.250. The van der Waals surface area contributed by atoms with Gasteiger partial charge in [0.15, 0.2) is 0 Å². The number of carbonyl (C=O) groups is 1. The van der Waals surface area contributed by atoms with Crippen molar-refractivity contribution >= 4 is 35.0 Å². The van der Waals surface area contributed by atoms with Crippen LogP contribution in [0.5, 0.6) is 5.88 Å². The highest BCUT2D eigenvalue weighted by Crippen LogP contribution is 2.24. The van der Waals surface area contributed by atoms with Gasteiger partial charge in [-0.15, -0.1) is 0 Å². The molecule has 2 aromatic rings. The normalized spacial score (nSPS) is 17.2. The summed E-state index contributed by atoms with van der Waals surface area (Å²) >= 11 is 7.91. The fourth-order valence-corrected chi connectivity index (χ4v) is 3.43. The molecule has 3 rings (SSSR count). The van der Waals surface area contributed by atoms with E-state index in [1.54, 1.807) is 30.5 Å². The number of hydrogen-bond acceptors (Lipinski definition) is 4. The lowest BCUT2D eigenvalue weighted by atomic mass is 10.2. The topological polar surface area (TPSA) is 51.2 Å². The van der Waals surface area contributed by atoms with Gasteiger partial charge in [0.2, 0.25) is 5.88 Å². The van der Waals surface area contributed by atoms with E-state index in [1.165, 1.54) is 0 Å². The number of nitrogens with one attached hydrogen (secondary N) is 1. The van der Waals surface area contributed by atoms with Crippen LogP contribution in [0.3, 0.4) is 0 Å². The summed E-state index contributed by atoms with van der Waals surface area (Å²) in [5.74, 6) is 2.33. The highest BCUT2D eigenvalue weighted by molar-refractivity contribution is 7.99. The van der Waals surface area contributed by atoms with Gasteiger partial charge in [0.1, 0.15) is 6.10 Å². The van der Waals surface area contributed by atoms with Crippen molar-refractivity contribution in [3.63, 3.8) is 0 Å². The summed E-state index contributed by atoms with van der Waals surface area (Å²) in [5, 5.41) is 3.29. The zero-order valence-corrected chi connectivity index (χ0v) is 13.4. The summed E-state index contributed by atoms with van der Waals surface area (Å²) in [6, 6.07) is 10.4. The Kier molecular flexibility index (Phi) is 4.85. The first-order valence-corrected chi connectivity index (χ1v) is 8.52. The molecule has 22 heavy (non-hydrogen) atoms. The SMILES string of the molecule is O=C(Nc1ccccc1Cl)c1ccnc(O[C@H]2CCSC2)c1. The Morgan fingerprint density at radius 3 is 3.00 bits per heavy atom. The van der Waals surface area contributed by atoms with E-state index >= 15 is 0 Å². The summed E-state index contributed by atoms with van der Waals surface area (Å²) < 4.78 is 5.80. The van der Waals surface area contributed by atoms with Gasteiger partial charge in [-0.2, -0.15) is 11.8 Å². The molecule has 0 aliphatic carbocycles. The number of aromatic nitrogens is 1. The van der Waals surface area contributed by atoms with Crippen LogP contribution in [0.25, 0.3) is 0 Å². The molecule has 1 aromatic carbocycles. The molecule has 114 valence electrons. The number of nitrogens with zero attached hydrogens (tertiary/aromatic N) is 1. The van der Waals surface area contributed by atoms with Crippen LogP contribution < -0.4 is 10.1 Å². The van der Waals surface area contributed by atoms with E-state index in [4.69, 9.17) is 16.3 Å². The molecule has 1 fully saturated rings. The summed E-state index contributed by atoms with van der Waals surface area (Å²) in [5.41, 5.74) is 1.08. The van der Waals surface area contributed by atoms with Crippen LogP contribution in [-0.4, -0.2) is 28.5 Å². The third-order valence-electron chi connectivity index (χ3n) is 3.29. The monoisotopic (exact) mass is 334 g/mol. The van der Waals surface area contributed by atoms with Crippen LogP contribution in [0.2, 0.25) is 5.02 Å². The quantitative estimate of drug-likeness (QED) is 0.922. The third kappa shape index (κ3) is 3.72. The van der Waals surface area contributed by atoms with Gasteiger partial charge < -0.3 is 10.1 Å². The van der Waals surface area contributed by atoms with Crippen molar-refractivity contribution in [1.29, 1.82) is 0 Å². The second-order valence-electron chi connectivity index (χ2n) is 4.92. The molecule has 4 nitrogen and oxygen atoms in total. The molecular weight excluding hydrogens is 320 g/mol. The van der Waals surface area contributed by atoms with Gasteiger partial charge in [-0.3, -0.25) is 4.79 Å². The van der Waals surface area contributed by atoms with E-state index in [0.29, 0.717) is 22.2 Å². The minimum Gasteiger partial charge on any atom is -0.473 e. The minimum absolute atomic E-state index is 0.180. The van der Waals surface area contributed by atoms with Crippen molar-refractivity contribution in [3.8, 4) is 5.88 Å². The first kappa shape index (κ1) is 15.2. The molecule has 1 N–H and O–H groups in total. The Hall–Kier alpha value is -1.72. The van der Waals surface area contributed by atoms with Crippen LogP contribution in [0.1, 0.15) is 16.8 Å². The Bertz CT molecular complexity index is 675. The lowest BCUT2D eigenvalue weighted by Crippen LogP contribution is -2.17. The smallest absolute Gasteiger partial charge is 0.255 e. The number of anilines is 1. The number of ether oxygens (including phenoxy) is 1. The van der Waals surface area contributed by atoms with Crippen molar-refractivity contribution in [2.24, 2.45) is 0 Å². The maximum absolute atomic E-state index is 12.3. The van der Waals surface area contributed by atoms with E-state index in [9.17, 15) is 4.79 Å². The zero-order chi connectivity index (χ0) is 15.4. The fourth-order valence-electron chi connectivity index (χ4n) is 2.15. The maximum atomic E-state index is 12.3. The Morgan fingerprint density at radius 1 is 1.36 bits per heavy atom. The first-order valence-electron chi connectivity index (χ1n) is 6.99. The van der Waals surface area contributed by atoms with E-state index in [1.807, 2.05) is 23.9 Å². The van der Waals surface area contributed by atoms with Crippen LogP contribution in [0.4, 0.5) is 5.69 Å². The van der Waals surface area contributed by atoms with Crippen LogP contribution in [0.15, 0.2) is 42.6 Å². The number of amides is 1. The molecular formula is C16H15ClN2O2S. The average Bonchev–Trinajstić information content (AvgIpc) is 3.03. The molecule has 1 aliphatic rings. The summed E-state index contributed by atoms with van der Waals surface area (Å²) in [6.45, 7) is 0. The second kappa shape index (κ2) is 7.03. The van der Waals surface area contributed by atoms with Gasteiger partial charge in [-0.1, -0.05) is 23.7 Å². The molecule has 6 heteroatoms. The molecule has 0 saturated carbocycles. The minimum atomic E-state index is -0.235. The summed E-state index contributed by atoms with van der Waals surface area (Å²) in [6.07, 6.45) is 2.78. The molecule has 1 amide bonds. The first-order chi connectivity index (χ1) is 10.7. The number of halogens is 1. The van der Waals surface area contributed by atoms with E-state index in [0.717, 1.165) is 17.9 Å². The van der Waals surface area contributed by atoms with Gasteiger partial charge in [-0.25, -0.2) is 4.98 Å². The second-order valence-corrected chi connectivity index (χ2v) is 6.48. The van der Waals surface area contributed by atoms with Gasteiger partial charge in [-0.05, 0) is 30.4 Å². The number of rotatable bonds is 4. The van der Waals surface area contributed by atoms with Gasteiger partial charge in [0.25, 0.3) is 5.91 Å². The molecule has 1 saturated heterocycles. The van der Waals surface area contributed by atoms with Crippen molar-refractivity contribution < 1.29 is 9.53 Å². The molecule has 1 aromatic heterocycles. The lowest BCUT2D eigenvalue weighted by Gasteiger charge is -2.12. The molecule has 0 radical (unpaired) electrons. The molecule has 0 bridgehead atoms. The molecule has 0 spiro atoms. The predicted molar refractivity (Wildman–Crippen MR) is 90.0 cm³/mol.